The normalized spacial score (nSPS) is 23.6. The van der Waals surface area contributed by atoms with Gasteiger partial charge in [0.2, 0.25) is 0 Å². The number of rotatable bonds is 9. The summed E-state index contributed by atoms with van der Waals surface area (Å²) in [6.07, 6.45) is 18.8. The number of carbonyl (C=O) groups is 1. The van der Waals surface area contributed by atoms with Crippen LogP contribution in [-0.2, 0) is 9.53 Å². The summed E-state index contributed by atoms with van der Waals surface area (Å²) in [4.78, 5) is 11.1. The Morgan fingerprint density at radius 2 is 1.89 bits per heavy atom. The maximum atomic E-state index is 11.1. The third kappa shape index (κ3) is 7.19. The minimum atomic E-state index is -0.373. The summed E-state index contributed by atoms with van der Waals surface area (Å²) in [5.74, 6) is -0.0804. The van der Waals surface area contributed by atoms with Crippen LogP contribution in [0.4, 0.5) is 0 Å². The van der Waals surface area contributed by atoms with Gasteiger partial charge in [0.25, 0.3) is 0 Å². The van der Waals surface area contributed by atoms with Crippen molar-refractivity contribution >= 4 is 5.97 Å². The topological polar surface area (TPSA) is 26.3 Å². The van der Waals surface area contributed by atoms with Crippen LogP contribution in [0, 0.1) is 0 Å². The molecule has 0 unspecified atom stereocenters. The Bertz CT molecular complexity index is 317. The van der Waals surface area contributed by atoms with Gasteiger partial charge in [-0.15, -0.1) is 0 Å². The summed E-state index contributed by atoms with van der Waals surface area (Å²) >= 11 is 0. The molecular formula is C17H28O2. The van der Waals surface area contributed by atoms with Crippen LogP contribution in [0.5, 0.6) is 0 Å². The second kappa shape index (κ2) is 8.95. The molecule has 0 radical (unpaired) electrons. The number of esters is 1. The number of hydrogen-bond acceptors (Lipinski definition) is 2. The van der Waals surface area contributed by atoms with Crippen LogP contribution in [0.15, 0.2) is 24.3 Å². The summed E-state index contributed by atoms with van der Waals surface area (Å²) in [6, 6.07) is 0. The first-order chi connectivity index (χ1) is 9.16. The molecule has 1 fully saturated rings. The predicted octanol–water partition coefficient (Wildman–Crippen LogP) is 4.95. The second-order valence-corrected chi connectivity index (χ2v) is 5.63. The first-order valence-corrected chi connectivity index (χ1v) is 7.72. The van der Waals surface area contributed by atoms with Gasteiger partial charge in [-0.05, 0) is 25.8 Å². The van der Waals surface area contributed by atoms with E-state index >= 15 is 0 Å². The van der Waals surface area contributed by atoms with Crippen molar-refractivity contribution in [1.82, 2.24) is 0 Å². The minimum absolute atomic E-state index is 0.0804. The molecule has 0 aromatic carbocycles. The summed E-state index contributed by atoms with van der Waals surface area (Å²) in [5, 5.41) is 0. The van der Waals surface area contributed by atoms with Crippen molar-refractivity contribution in [3.8, 4) is 0 Å². The lowest BCUT2D eigenvalue weighted by Gasteiger charge is -2.16. The molecule has 0 saturated carbocycles. The Morgan fingerprint density at radius 3 is 2.58 bits per heavy atom. The molecule has 0 spiro atoms. The summed E-state index contributed by atoms with van der Waals surface area (Å²) in [7, 11) is 0. The molecule has 0 aromatic heterocycles. The van der Waals surface area contributed by atoms with Crippen LogP contribution in [-0.4, -0.2) is 11.6 Å². The molecule has 1 atom stereocenters. The maximum absolute atomic E-state index is 11.1. The highest BCUT2D eigenvalue weighted by atomic mass is 16.6. The van der Waals surface area contributed by atoms with Crippen LogP contribution in [0.2, 0.25) is 0 Å². The van der Waals surface area contributed by atoms with Gasteiger partial charge in [-0.1, -0.05) is 57.3 Å². The predicted molar refractivity (Wildman–Crippen MR) is 80.0 cm³/mol. The Morgan fingerprint density at radius 1 is 1.16 bits per heavy atom. The van der Waals surface area contributed by atoms with Crippen LogP contribution in [0.25, 0.3) is 0 Å². The Balaban J connectivity index is 2.05. The second-order valence-electron chi connectivity index (χ2n) is 5.63. The number of unbranched alkanes of at least 4 members (excludes halogenated alkanes) is 6. The van der Waals surface area contributed by atoms with Crippen LogP contribution < -0.4 is 0 Å². The molecule has 0 aliphatic carbocycles. The lowest BCUT2D eigenvalue weighted by molar-refractivity contribution is -0.144. The Labute approximate surface area is 117 Å². The summed E-state index contributed by atoms with van der Waals surface area (Å²) in [6.45, 7) is 4.22. The number of ether oxygens (including phenoxy) is 1. The molecule has 0 bridgehead atoms. The van der Waals surface area contributed by atoms with Crippen molar-refractivity contribution in [3.63, 3.8) is 0 Å². The van der Waals surface area contributed by atoms with Gasteiger partial charge in [0.05, 0.1) is 0 Å². The fourth-order valence-corrected chi connectivity index (χ4v) is 2.31. The van der Waals surface area contributed by atoms with Gasteiger partial charge in [0.1, 0.15) is 5.60 Å². The SMILES string of the molecule is CCCCCCCC/C=C\C=C\[C@]1(C)CCC(=O)O1. The zero-order valence-electron chi connectivity index (χ0n) is 12.5. The number of hydrogen-bond donors (Lipinski definition) is 0. The standard InChI is InChI=1S/C17H28O2/c1-3-4-5-6-7-8-9-10-11-12-14-17(2)15-13-16(18)19-17/h10-12,14H,3-9,13,15H2,1-2H3/b11-10-,14-12+/t17-/m1/s1. The van der Waals surface area contributed by atoms with E-state index in [0.717, 1.165) is 12.8 Å². The van der Waals surface area contributed by atoms with Crippen molar-refractivity contribution in [2.24, 2.45) is 0 Å². The Hall–Kier alpha value is -1.05. The summed E-state index contributed by atoms with van der Waals surface area (Å²) < 4.78 is 5.27. The van der Waals surface area contributed by atoms with E-state index in [1.54, 1.807) is 0 Å². The lowest BCUT2D eigenvalue weighted by Crippen LogP contribution is -2.19. The van der Waals surface area contributed by atoms with E-state index in [-0.39, 0.29) is 11.6 Å². The molecule has 0 amide bonds. The van der Waals surface area contributed by atoms with Crippen LogP contribution in [0.1, 0.15) is 71.6 Å². The quantitative estimate of drug-likeness (QED) is 0.335. The van der Waals surface area contributed by atoms with E-state index in [9.17, 15) is 4.79 Å². The van der Waals surface area contributed by atoms with Gasteiger partial charge in [-0.2, -0.15) is 0 Å². The van der Waals surface area contributed by atoms with Crippen molar-refractivity contribution in [2.75, 3.05) is 0 Å². The van der Waals surface area contributed by atoms with Gasteiger partial charge in [-0.25, -0.2) is 0 Å². The van der Waals surface area contributed by atoms with Crippen molar-refractivity contribution in [1.29, 1.82) is 0 Å². The number of carbonyl (C=O) groups excluding carboxylic acids is 1. The molecule has 1 heterocycles. The third-order valence-corrected chi connectivity index (χ3v) is 3.59. The summed E-state index contributed by atoms with van der Waals surface area (Å²) in [5.41, 5.74) is -0.373. The first-order valence-electron chi connectivity index (χ1n) is 7.72. The maximum Gasteiger partial charge on any atom is 0.306 e. The average Bonchev–Trinajstić information content (AvgIpc) is 2.72. The van der Waals surface area contributed by atoms with E-state index in [2.05, 4.69) is 19.1 Å². The molecule has 1 aliphatic rings. The molecule has 19 heavy (non-hydrogen) atoms. The largest absolute Gasteiger partial charge is 0.455 e. The first kappa shape index (κ1) is 16.0. The van der Waals surface area contributed by atoms with Crippen molar-refractivity contribution < 1.29 is 9.53 Å². The molecule has 1 rings (SSSR count). The van der Waals surface area contributed by atoms with Gasteiger partial charge in [0.15, 0.2) is 0 Å². The van der Waals surface area contributed by atoms with Crippen molar-refractivity contribution in [3.05, 3.63) is 24.3 Å². The van der Waals surface area contributed by atoms with Gasteiger partial charge >= 0.3 is 5.97 Å². The lowest BCUT2D eigenvalue weighted by atomic mass is 10.0. The number of allylic oxidation sites excluding steroid dienone is 3. The van der Waals surface area contributed by atoms with Crippen molar-refractivity contribution in [2.45, 2.75) is 77.2 Å². The molecule has 108 valence electrons. The fourth-order valence-electron chi connectivity index (χ4n) is 2.31. The molecular weight excluding hydrogens is 236 g/mol. The smallest absolute Gasteiger partial charge is 0.306 e. The number of cyclic esters (lactones) is 1. The van der Waals surface area contributed by atoms with Gasteiger partial charge in [-0.3, -0.25) is 4.79 Å². The van der Waals surface area contributed by atoms with Crippen LogP contribution >= 0.6 is 0 Å². The minimum Gasteiger partial charge on any atom is -0.455 e. The van der Waals surface area contributed by atoms with E-state index in [1.807, 2.05) is 19.1 Å². The Kier molecular flexibility index (Phi) is 7.54. The highest BCUT2D eigenvalue weighted by Gasteiger charge is 2.32. The zero-order chi connectivity index (χ0) is 14.0. The third-order valence-electron chi connectivity index (χ3n) is 3.59. The van der Waals surface area contributed by atoms with Gasteiger partial charge < -0.3 is 4.74 Å². The highest BCUT2D eigenvalue weighted by Crippen LogP contribution is 2.27. The monoisotopic (exact) mass is 264 g/mol. The molecule has 0 aromatic rings. The molecule has 1 aliphatic heterocycles. The highest BCUT2D eigenvalue weighted by molar-refractivity contribution is 5.72. The van der Waals surface area contributed by atoms with Gasteiger partial charge in [0, 0.05) is 12.8 Å². The van der Waals surface area contributed by atoms with E-state index in [1.165, 1.54) is 38.5 Å². The molecule has 2 nitrogen and oxygen atoms in total. The molecule has 1 saturated heterocycles. The average molecular weight is 264 g/mol. The van der Waals surface area contributed by atoms with E-state index in [4.69, 9.17) is 4.74 Å². The van der Waals surface area contributed by atoms with Crippen LogP contribution in [0.3, 0.4) is 0 Å². The molecule has 0 N–H and O–H groups in total. The van der Waals surface area contributed by atoms with E-state index < -0.39 is 0 Å². The molecule has 2 heteroatoms. The zero-order valence-corrected chi connectivity index (χ0v) is 12.5. The van der Waals surface area contributed by atoms with E-state index in [0.29, 0.717) is 6.42 Å². The fraction of sp³-hybridized carbons (Fsp3) is 0.706.